The highest BCUT2D eigenvalue weighted by molar-refractivity contribution is 5.91. The molecule has 6 heteroatoms. The van der Waals surface area contributed by atoms with Crippen molar-refractivity contribution in [2.45, 2.75) is 19.9 Å². The number of rotatable bonds is 9. The molecule has 0 fully saturated rings. The van der Waals surface area contributed by atoms with E-state index in [9.17, 15) is 9.59 Å². The van der Waals surface area contributed by atoms with Gasteiger partial charge in [0, 0.05) is 24.3 Å². The van der Waals surface area contributed by atoms with Gasteiger partial charge in [0.05, 0.1) is 14.2 Å². The van der Waals surface area contributed by atoms with Crippen LogP contribution >= 0.6 is 0 Å². The van der Waals surface area contributed by atoms with Crippen LogP contribution in [0.1, 0.15) is 25.5 Å². The summed E-state index contributed by atoms with van der Waals surface area (Å²) in [5.74, 6) is 0.622. The van der Waals surface area contributed by atoms with Crippen LogP contribution in [-0.2, 0) is 9.59 Å². The van der Waals surface area contributed by atoms with E-state index in [4.69, 9.17) is 4.74 Å². The minimum atomic E-state index is -0.428. The van der Waals surface area contributed by atoms with Crippen LogP contribution in [0.3, 0.4) is 0 Å². The Morgan fingerprint density at radius 2 is 1.64 bits per heavy atom. The van der Waals surface area contributed by atoms with Gasteiger partial charge in [-0.15, -0.1) is 0 Å². The van der Waals surface area contributed by atoms with Crippen LogP contribution in [0.25, 0.3) is 0 Å². The van der Waals surface area contributed by atoms with Gasteiger partial charge < -0.3 is 19.9 Å². The molecule has 2 amide bonds. The van der Waals surface area contributed by atoms with Crippen LogP contribution < -0.4 is 15.0 Å². The fraction of sp³-hybridized carbons (Fsp3) is 0.364. The predicted molar refractivity (Wildman–Crippen MR) is 110 cm³/mol. The second-order valence-corrected chi connectivity index (χ2v) is 6.65. The average molecular weight is 385 g/mol. The van der Waals surface area contributed by atoms with Crippen molar-refractivity contribution < 1.29 is 19.2 Å². The van der Waals surface area contributed by atoms with E-state index >= 15 is 0 Å². The highest BCUT2D eigenvalue weighted by atomic mass is 16.5. The number of benzene rings is 2. The quantitative estimate of drug-likeness (QED) is 0.693. The van der Waals surface area contributed by atoms with Crippen molar-refractivity contribution in [3.8, 4) is 5.75 Å². The maximum absolute atomic E-state index is 13.1. The third-order valence-corrected chi connectivity index (χ3v) is 4.76. The summed E-state index contributed by atoms with van der Waals surface area (Å²) in [6.07, 6.45) is 0. The van der Waals surface area contributed by atoms with Gasteiger partial charge in [0.15, 0.2) is 12.6 Å². The summed E-state index contributed by atoms with van der Waals surface area (Å²) in [5.41, 5.74) is 1.61. The molecule has 2 aromatic carbocycles. The van der Waals surface area contributed by atoms with Crippen molar-refractivity contribution in [1.29, 1.82) is 0 Å². The van der Waals surface area contributed by atoms with Crippen LogP contribution in [0.5, 0.6) is 5.75 Å². The van der Waals surface area contributed by atoms with Gasteiger partial charge in [-0.05, 0) is 38.1 Å². The number of carbonyl (C=O) groups excluding carboxylic acids is 2. The number of hydrogen-bond acceptors (Lipinski definition) is 3. The normalized spacial score (nSPS) is 12.7. The number of ether oxygens (including phenoxy) is 1. The average Bonchev–Trinajstić information content (AvgIpc) is 2.70. The summed E-state index contributed by atoms with van der Waals surface area (Å²) in [7, 11) is 3.48. The molecule has 0 aromatic heterocycles. The third kappa shape index (κ3) is 5.57. The zero-order valence-electron chi connectivity index (χ0n) is 17.1. The number of methoxy groups -OCH3 is 1. The largest absolute Gasteiger partial charge is 0.497 e. The Morgan fingerprint density at radius 1 is 1.04 bits per heavy atom. The SMILES string of the molecule is CCN(CC)C(=O)[C@H](c1ccccc1)[NH+](C)CC(=O)Nc1ccc(OC)cc1. The fourth-order valence-corrected chi connectivity index (χ4v) is 3.24. The van der Waals surface area contributed by atoms with Crippen molar-refractivity contribution in [1.82, 2.24) is 4.90 Å². The number of nitrogens with one attached hydrogen (secondary N) is 2. The van der Waals surface area contributed by atoms with Crippen LogP contribution in [0.2, 0.25) is 0 Å². The van der Waals surface area contributed by atoms with E-state index in [0.717, 1.165) is 16.2 Å². The second kappa shape index (κ2) is 10.5. The molecule has 0 bridgehead atoms. The van der Waals surface area contributed by atoms with Gasteiger partial charge in [-0.2, -0.15) is 0 Å². The Bertz CT molecular complexity index is 758. The van der Waals surface area contributed by atoms with E-state index in [1.54, 1.807) is 31.4 Å². The number of nitrogens with zero attached hydrogens (tertiary/aromatic N) is 1. The summed E-state index contributed by atoms with van der Waals surface area (Å²) < 4.78 is 5.13. The molecule has 2 rings (SSSR count). The molecule has 6 nitrogen and oxygen atoms in total. The van der Waals surface area contributed by atoms with Gasteiger partial charge in [0.2, 0.25) is 0 Å². The highest BCUT2D eigenvalue weighted by Crippen LogP contribution is 2.15. The van der Waals surface area contributed by atoms with Crippen molar-refractivity contribution in [2.75, 3.05) is 39.1 Å². The molecule has 2 N–H and O–H groups in total. The first-order valence-electron chi connectivity index (χ1n) is 9.60. The number of likely N-dealkylation sites (N-methyl/N-ethyl adjacent to an activating group) is 2. The van der Waals surface area contributed by atoms with Gasteiger partial charge in [-0.1, -0.05) is 30.3 Å². The van der Waals surface area contributed by atoms with Crippen molar-refractivity contribution in [2.24, 2.45) is 0 Å². The molecule has 28 heavy (non-hydrogen) atoms. The number of quaternary nitrogens is 1. The summed E-state index contributed by atoms with van der Waals surface area (Å²) >= 11 is 0. The van der Waals surface area contributed by atoms with E-state index in [1.807, 2.05) is 56.1 Å². The van der Waals surface area contributed by atoms with E-state index in [2.05, 4.69) is 5.32 Å². The Kier molecular flexibility index (Phi) is 8.02. The van der Waals surface area contributed by atoms with E-state index in [0.29, 0.717) is 18.8 Å². The molecule has 0 saturated heterocycles. The molecule has 150 valence electrons. The highest BCUT2D eigenvalue weighted by Gasteiger charge is 2.33. The number of anilines is 1. The molecule has 2 aromatic rings. The summed E-state index contributed by atoms with van der Waals surface area (Å²) in [5, 5.41) is 2.89. The minimum Gasteiger partial charge on any atom is -0.497 e. The van der Waals surface area contributed by atoms with Crippen LogP contribution in [0.15, 0.2) is 54.6 Å². The third-order valence-electron chi connectivity index (χ3n) is 4.76. The lowest BCUT2D eigenvalue weighted by atomic mass is 10.0. The molecule has 0 saturated carbocycles. The number of carbonyl (C=O) groups is 2. The lowest BCUT2D eigenvalue weighted by Crippen LogP contribution is -3.11. The topological polar surface area (TPSA) is 63.1 Å². The standard InChI is InChI=1S/C22H29N3O3/c1-5-25(6-2)22(27)21(17-10-8-7-9-11-17)24(3)16-20(26)23-18-12-14-19(28-4)15-13-18/h7-15,21H,5-6,16H2,1-4H3,(H,23,26)/p+1/t21-/m0/s1. The summed E-state index contributed by atoms with van der Waals surface area (Å²) in [6.45, 7) is 5.40. The van der Waals surface area contributed by atoms with Crippen molar-refractivity contribution in [3.63, 3.8) is 0 Å². The molecule has 0 radical (unpaired) electrons. The molecule has 0 aliphatic rings. The molecular formula is C22H30N3O3+. The molecule has 0 aliphatic heterocycles. The van der Waals surface area contributed by atoms with Crippen LogP contribution in [-0.4, -0.2) is 50.5 Å². The smallest absolute Gasteiger partial charge is 0.285 e. The van der Waals surface area contributed by atoms with Gasteiger partial charge in [0.1, 0.15) is 5.75 Å². The minimum absolute atomic E-state index is 0.0333. The fourth-order valence-electron chi connectivity index (χ4n) is 3.24. The zero-order chi connectivity index (χ0) is 20.5. The van der Waals surface area contributed by atoms with Crippen molar-refractivity contribution in [3.05, 3.63) is 60.2 Å². The van der Waals surface area contributed by atoms with Gasteiger partial charge in [-0.3, -0.25) is 9.59 Å². The lowest BCUT2D eigenvalue weighted by Gasteiger charge is -2.29. The Balaban J connectivity index is 2.13. The summed E-state index contributed by atoms with van der Waals surface area (Å²) in [6, 6.07) is 16.4. The Labute approximate surface area is 167 Å². The van der Waals surface area contributed by atoms with Gasteiger partial charge in [0.25, 0.3) is 11.8 Å². The van der Waals surface area contributed by atoms with Crippen LogP contribution in [0.4, 0.5) is 5.69 Å². The Hall–Kier alpha value is -2.86. The summed E-state index contributed by atoms with van der Waals surface area (Å²) in [4.78, 5) is 28.3. The van der Waals surface area contributed by atoms with E-state index < -0.39 is 6.04 Å². The molecular weight excluding hydrogens is 354 g/mol. The van der Waals surface area contributed by atoms with E-state index in [-0.39, 0.29) is 18.4 Å². The zero-order valence-corrected chi connectivity index (χ0v) is 17.1. The number of amides is 2. The second-order valence-electron chi connectivity index (χ2n) is 6.65. The van der Waals surface area contributed by atoms with Gasteiger partial charge >= 0.3 is 0 Å². The number of hydrogen-bond donors (Lipinski definition) is 2. The first-order chi connectivity index (χ1) is 13.5. The first kappa shape index (κ1) is 21.4. The van der Waals surface area contributed by atoms with E-state index in [1.165, 1.54) is 0 Å². The van der Waals surface area contributed by atoms with Crippen LogP contribution in [0, 0.1) is 0 Å². The predicted octanol–water partition coefficient (Wildman–Crippen LogP) is 1.76. The van der Waals surface area contributed by atoms with Gasteiger partial charge in [-0.25, -0.2) is 0 Å². The molecule has 0 spiro atoms. The maximum Gasteiger partial charge on any atom is 0.285 e. The first-order valence-corrected chi connectivity index (χ1v) is 9.60. The Morgan fingerprint density at radius 3 is 2.18 bits per heavy atom. The molecule has 0 aliphatic carbocycles. The lowest BCUT2D eigenvalue weighted by molar-refractivity contribution is -0.894. The maximum atomic E-state index is 13.1. The monoisotopic (exact) mass is 384 g/mol. The van der Waals surface area contributed by atoms with Crippen molar-refractivity contribution >= 4 is 17.5 Å². The molecule has 1 unspecified atom stereocenters. The molecule has 2 atom stereocenters. The molecule has 0 heterocycles.